The number of aryl methyl sites for hydroxylation is 1. The number of hydrogen-bond acceptors (Lipinski definition) is 4. The summed E-state index contributed by atoms with van der Waals surface area (Å²) in [5, 5.41) is 5.55. The molecule has 27 heavy (non-hydrogen) atoms. The first kappa shape index (κ1) is 18.3. The van der Waals surface area contributed by atoms with Gasteiger partial charge in [0.1, 0.15) is 23.1 Å². The molecule has 0 aliphatic heterocycles. The summed E-state index contributed by atoms with van der Waals surface area (Å²) >= 11 is 0. The van der Waals surface area contributed by atoms with Crippen LogP contribution < -0.4 is 15.4 Å². The highest BCUT2D eigenvalue weighted by Gasteiger charge is 2.12. The van der Waals surface area contributed by atoms with Crippen LogP contribution in [-0.4, -0.2) is 18.0 Å². The van der Waals surface area contributed by atoms with Gasteiger partial charge in [0.15, 0.2) is 0 Å². The molecule has 0 saturated carbocycles. The quantitative estimate of drug-likeness (QED) is 0.686. The van der Waals surface area contributed by atoms with Crippen LogP contribution in [-0.2, 0) is 0 Å². The molecule has 0 bridgehead atoms. The molecule has 3 rings (SSSR count). The first-order chi connectivity index (χ1) is 13.0. The van der Waals surface area contributed by atoms with Crippen molar-refractivity contribution in [1.29, 1.82) is 0 Å². The molecular formula is C20H17F2N3O2. The van der Waals surface area contributed by atoms with Gasteiger partial charge in [-0.15, -0.1) is 0 Å². The second-order valence-corrected chi connectivity index (χ2v) is 5.84. The van der Waals surface area contributed by atoms with E-state index in [1.807, 2.05) is 13.0 Å². The fourth-order valence-corrected chi connectivity index (χ4v) is 2.48. The van der Waals surface area contributed by atoms with Crippen LogP contribution in [0, 0.1) is 18.6 Å². The standard InChI is InChI=1S/C20H17F2N3O2/c1-12-3-6-19(27-2)17(9-12)25-20(26)18-11-14(7-8-23-18)24-16-5-4-13(21)10-15(16)22/h3-11H,1-2H3,(H,23,24)(H,25,26). The number of hydrogen-bond donors (Lipinski definition) is 2. The van der Waals surface area contributed by atoms with Gasteiger partial charge in [-0.25, -0.2) is 8.78 Å². The summed E-state index contributed by atoms with van der Waals surface area (Å²) < 4.78 is 32.0. The predicted octanol–water partition coefficient (Wildman–Crippen LogP) is 4.67. The molecule has 3 aromatic rings. The molecular weight excluding hydrogens is 352 g/mol. The van der Waals surface area contributed by atoms with Crippen molar-refractivity contribution in [2.24, 2.45) is 0 Å². The number of nitrogens with zero attached hydrogens (tertiary/aromatic N) is 1. The molecule has 1 aromatic heterocycles. The summed E-state index contributed by atoms with van der Waals surface area (Å²) in [5.41, 5.74) is 2.14. The molecule has 1 heterocycles. The topological polar surface area (TPSA) is 63.2 Å². The van der Waals surface area contributed by atoms with Crippen molar-refractivity contribution in [3.8, 4) is 5.75 Å². The van der Waals surface area contributed by atoms with Gasteiger partial charge in [-0.3, -0.25) is 9.78 Å². The molecule has 0 spiro atoms. The number of pyridine rings is 1. The van der Waals surface area contributed by atoms with Gasteiger partial charge >= 0.3 is 0 Å². The summed E-state index contributed by atoms with van der Waals surface area (Å²) in [6, 6.07) is 11.7. The van der Waals surface area contributed by atoms with E-state index in [1.165, 1.54) is 25.4 Å². The lowest BCUT2D eigenvalue weighted by Gasteiger charge is -2.12. The van der Waals surface area contributed by atoms with Crippen LogP contribution in [0.4, 0.5) is 25.8 Å². The average Bonchev–Trinajstić information content (AvgIpc) is 2.64. The summed E-state index contributed by atoms with van der Waals surface area (Å²) in [4.78, 5) is 16.6. The van der Waals surface area contributed by atoms with Gasteiger partial charge in [-0.1, -0.05) is 6.07 Å². The van der Waals surface area contributed by atoms with E-state index in [0.29, 0.717) is 17.1 Å². The minimum Gasteiger partial charge on any atom is -0.495 e. The number of methoxy groups -OCH3 is 1. The Balaban J connectivity index is 1.81. The Bertz CT molecular complexity index is 993. The zero-order valence-electron chi connectivity index (χ0n) is 14.7. The van der Waals surface area contributed by atoms with E-state index in [-0.39, 0.29) is 11.4 Å². The molecule has 138 valence electrons. The number of nitrogens with one attached hydrogen (secondary N) is 2. The fraction of sp³-hybridized carbons (Fsp3) is 0.100. The van der Waals surface area contributed by atoms with Crippen molar-refractivity contribution >= 4 is 23.0 Å². The largest absolute Gasteiger partial charge is 0.495 e. The van der Waals surface area contributed by atoms with E-state index in [9.17, 15) is 13.6 Å². The maximum Gasteiger partial charge on any atom is 0.274 e. The average molecular weight is 369 g/mol. The number of amides is 1. The Morgan fingerprint density at radius 2 is 1.85 bits per heavy atom. The van der Waals surface area contributed by atoms with Crippen LogP contribution in [0.1, 0.15) is 16.1 Å². The lowest BCUT2D eigenvalue weighted by molar-refractivity contribution is 0.102. The van der Waals surface area contributed by atoms with Crippen molar-refractivity contribution in [2.75, 3.05) is 17.7 Å². The van der Waals surface area contributed by atoms with E-state index in [2.05, 4.69) is 15.6 Å². The number of benzene rings is 2. The first-order valence-corrected chi connectivity index (χ1v) is 8.10. The highest BCUT2D eigenvalue weighted by Crippen LogP contribution is 2.26. The monoisotopic (exact) mass is 369 g/mol. The van der Waals surface area contributed by atoms with Crippen LogP contribution in [0.3, 0.4) is 0 Å². The maximum absolute atomic E-state index is 13.8. The van der Waals surface area contributed by atoms with E-state index in [4.69, 9.17) is 4.74 Å². The molecule has 0 radical (unpaired) electrons. The zero-order valence-corrected chi connectivity index (χ0v) is 14.7. The minimum absolute atomic E-state index is 0.0920. The summed E-state index contributed by atoms with van der Waals surface area (Å²) in [6.45, 7) is 1.90. The van der Waals surface area contributed by atoms with E-state index < -0.39 is 17.5 Å². The number of carbonyl (C=O) groups is 1. The third-order valence-corrected chi connectivity index (χ3v) is 3.81. The molecule has 1 amide bonds. The summed E-state index contributed by atoms with van der Waals surface area (Å²) in [7, 11) is 1.51. The molecule has 0 atom stereocenters. The van der Waals surface area contributed by atoms with Gasteiger partial charge in [-0.2, -0.15) is 0 Å². The maximum atomic E-state index is 13.8. The minimum atomic E-state index is -0.734. The SMILES string of the molecule is COc1ccc(C)cc1NC(=O)c1cc(Nc2ccc(F)cc2F)ccn1. The van der Waals surface area contributed by atoms with E-state index in [1.54, 1.807) is 18.2 Å². The number of ether oxygens (including phenoxy) is 1. The lowest BCUT2D eigenvalue weighted by Crippen LogP contribution is -2.14. The number of rotatable bonds is 5. The first-order valence-electron chi connectivity index (χ1n) is 8.10. The molecule has 0 aliphatic carbocycles. The highest BCUT2D eigenvalue weighted by molar-refractivity contribution is 6.04. The second-order valence-electron chi connectivity index (χ2n) is 5.84. The van der Waals surface area contributed by atoms with Crippen molar-refractivity contribution in [2.45, 2.75) is 6.92 Å². The van der Waals surface area contributed by atoms with Gasteiger partial charge in [0.05, 0.1) is 18.5 Å². The Kier molecular flexibility index (Phi) is 5.30. The van der Waals surface area contributed by atoms with Gasteiger partial charge in [0, 0.05) is 18.0 Å². The molecule has 0 aliphatic rings. The Morgan fingerprint density at radius 3 is 2.59 bits per heavy atom. The molecule has 2 N–H and O–H groups in total. The van der Waals surface area contributed by atoms with Crippen molar-refractivity contribution in [3.63, 3.8) is 0 Å². The molecule has 2 aromatic carbocycles. The predicted molar refractivity (Wildman–Crippen MR) is 99.6 cm³/mol. The van der Waals surface area contributed by atoms with Gasteiger partial charge in [0.2, 0.25) is 0 Å². The van der Waals surface area contributed by atoms with Crippen LogP contribution in [0.5, 0.6) is 5.75 Å². The molecule has 0 saturated heterocycles. The summed E-state index contributed by atoms with van der Waals surface area (Å²) in [5.74, 6) is -1.32. The van der Waals surface area contributed by atoms with Crippen LogP contribution in [0.15, 0.2) is 54.7 Å². The molecule has 0 unspecified atom stereocenters. The number of halogens is 2. The second kappa shape index (κ2) is 7.82. The summed E-state index contributed by atoms with van der Waals surface area (Å²) in [6.07, 6.45) is 1.42. The Morgan fingerprint density at radius 1 is 1.04 bits per heavy atom. The third-order valence-electron chi connectivity index (χ3n) is 3.81. The lowest BCUT2D eigenvalue weighted by atomic mass is 10.2. The number of anilines is 3. The normalized spacial score (nSPS) is 10.4. The molecule has 0 fully saturated rings. The number of aromatic nitrogens is 1. The highest BCUT2D eigenvalue weighted by atomic mass is 19.1. The smallest absolute Gasteiger partial charge is 0.274 e. The third kappa shape index (κ3) is 4.38. The van der Waals surface area contributed by atoms with Crippen LogP contribution in [0.2, 0.25) is 0 Å². The van der Waals surface area contributed by atoms with Crippen molar-refractivity contribution in [3.05, 3.63) is 77.6 Å². The molecule has 5 nitrogen and oxygen atoms in total. The van der Waals surface area contributed by atoms with Crippen LogP contribution >= 0.6 is 0 Å². The number of carbonyl (C=O) groups excluding carboxylic acids is 1. The van der Waals surface area contributed by atoms with E-state index in [0.717, 1.165) is 17.7 Å². The van der Waals surface area contributed by atoms with Gasteiger partial charge in [-0.05, 0) is 48.9 Å². The van der Waals surface area contributed by atoms with Crippen molar-refractivity contribution in [1.82, 2.24) is 4.98 Å². The van der Waals surface area contributed by atoms with Crippen molar-refractivity contribution < 1.29 is 18.3 Å². The Labute approximate surface area is 155 Å². The van der Waals surface area contributed by atoms with Gasteiger partial charge in [0.25, 0.3) is 5.91 Å². The fourth-order valence-electron chi connectivity index (χ4n) is 2.48. The van der Waals surface area contributed by atoms with E-state index >= 15 is 0 Å². The van der Waals surface area contributed by atoms with Crippen LogP contribution in [0.25, 0.3) is 0 Å². The molecule has 7 heteroatoms. The Hall–Kier alpha value is -3.48. The zero-order chi connectivity index (χ0) is 19.4. The van der Waals surface area contributed by atoms with Gasteiger partial charge < -0.3 is 15.4 Å².